The summed E-state index contributed by atoms with van der Waals surface area (Å²) in [6.07, 6.45) is 5.04. The molecule has 0 radical (unpaired) electrons. The molecule has 6 heteroatoms. The van der Waals surface area contributed by atoms with E-state index < -0.39 is 22.7 Å². The first-order valence-electron chi connectivity index (χ1n) is 8.31. The Balaban J connectivity index is 2.02. The van der Waals surface area contributed by atoms with Crippen LogP contribution in [0.25, 0.3) is 0 Å². The van der Waals surface area contributed by atoms with Crippen molar-refractivity contribution in [3.63, 3.8) is 0 Å². The van der Waals surface area contributed by atoms with Gasteiger partial charge in [0.15, 0.2) is 5.75 Å². The van der Waals surface area contributed by atoms with Crippen molar-refractivity contribution < 1.29 is 20.1 Å². The van der Waals surface area contributed by atoms with Gasteiger partial charge in [0.25, 0.3) is 0 Å². The van der Waals surface area contributed by atoms with Gasteiger partial charge in [0, 0.05) is 24.4 Å². The normalized spacial score (nSPS) is 23.3. The average Bonchev–Trinajstić information content (AvgIpc) is 2.60. The molecule has 0 atom stereocenters. The minimum Gasteiger partial charge on any atom is -0.503 e. The molecule has 1 saturated carbocycles. The number of nitrogens with zero attached hydrogens (tertiary/aromatic N) is 1. The Hall–Kier alpha value is -2.60. The van der Waals surface area contributed by atoms with Crippen LogP contribution in [0.1, 0.15) is 41.6 Å². The van der Waals surface area contributed by atoms with E-state index in [2.05, 4.69) is 0 Å². The summed E-state index contributed by atoms with van der Waals surface area (Å²) in [5.74, 6) is -1.93. The van der Waals surface area contributed by atoms with Crippen molar-refractivity contribution >= 4 is 5.97 Å². The number of hydrogen-bond acceptors (Lipinski definition) is 4. The molecule has 132 valence electrons. The van der Waals surface area contributed by atoms with Crippen molar-refractivity contribution in [2.45, 2.75) is 43.7 Å². The number of pyridine rings is 1. The first-order chi connectivity index (χ1) is 11.9. The number of aromatic hydroxyl groups is 1. The van der Waals surface area contributed by atoms with Gasteiger partial charge in [-0.05, 0) is 31.2 Å². The number of benzene rings is 1. The molecule has 1 heterocycles. The number of aliphatic hydroxyl groups is 1. The lowest BCUT2D eigenvalue weighted by Crippen LogP contribution is -2.38. The number of aliphatic hydroxyl groups excluding tert-OH is 1. The summed E-state index contributed by atoms with van der Waals surface area (Å²) in [6, 6.07) is 9.89. The molecule has 3 rings (SSSR count). The van der Waals surface area contributed by atoms with Gasteiger partial charge in [0.2, 0.25) is 5.43 Å². The zero-order valence-corrected chi connectivity index (χ0v) is 13.8. The van der Waals surface area contributed by atoms with Gasteiger partial charge in [-0.2, -0.15) is 0 Å². The minimum absolute atomic E-state index is 0.280. The van der Waals surface area contributed by atoms with Crippen LogP contribution in [0.3, 0.4) is 0 Å². The molecule has 1 aromatic heterocycles. The molecule has 1 aromatic carbocycles. The smallest absolute Gasteiger partial charge is 0.341 e. The molecule has 1 fully saturated rings. The van der Waals surface area contributed by atoms with Gasteiger partial charge in [0.05, 0.1) is 6.10 Å². The second kappa shape index (κ2) is 6.72. The number of aromatic carboxylic acids is 1. The second-order valence-electron chi connectivity index (χ2n) is 6.74. The molecule has 0 aliphatic heterocycles. The van der Waals surface area contributed by atoms with E-state index in [1.54, 1.807) is 4.57 Å². The lowest BCUT2D eigenvalue weighted by atomic mass is 9.68. The monoisotopic (exact) mass is 343 g/mol. The predicted octanol–water partition coefficient (Wildman–Crippen LogP) is 2.13. The van der Waals surface area contributed by atoms with Crippen molar-refractivity contribution in [2.24, 2.45) is 0 Å². The molecule has 1 aliphatic rings. The predicted molar refractivity (Wildman–Crippen MR) is 91.9 cm³/mol. The van der Waals surface area contributed by atoms with Crippen LogP contribution in [-0.4, -0.2) is 32.0 Å². The van der Waals surface area contributed by atoms with E-state index in [-0.39, 0.29) is 11.5 Å². The maximum Gasteiger partial charge on any atom is 0.341 e. The van der Waals surface area contributed by atoms with Crippen molar-refractivity contribution in [1.82, 2.24) is 4.57 Å². The van der Waals surface area contributed by atoms with Crippen molar-refractivity contribution in [3.8, 4) is 5.75 Å². The van der Waals surface area contributed by atoms with E-state index >= 15 is 0 Å². The van der Waals surface area contributed by atoms with E-state index in [1.165, 1.54) is 12.4 Å². The molecule has 0 spiro atoms. The Labute approximate surface area is 145 Å². The van der Waals surface area contributed by atoms with Crippen LogP contribution in [0, 0.1) is 0 Å². The number of aromatic nitrogens is 1. The van der Waals surface area contributed by atoms with E-state index in [4.69, 9.17) is 0 Å². The summed E-state index contributed by atoms with van der Waals surface area (Å²) in [7, 11) is 0. The van der Waals surface area contributed by atoms with Crippen molar-refractivity contribution in [1.29, 1.82) is 0 Å². The number of carboxylic acid groups (broad SMARTS) is 1. The van der Waals surface area contributed by atoms with Gasteiger partial charge in [0.1, 0.15) is 5.56 Å². The molecule has 0 bridgehead atoms. The summed E-state index contributed by atoms with van der Waals surface area (Å²) >= 11 is 0. The third-order valence-corrected chi connectivity index (χ3v) is 5.07. The summed E-state index contributed by atoms with van der Waals surface area (Å²) in [5.41, 5.74) is -0.495. The number of carboxylic acids is 1. The quantitative estimate of drug-likeness (QED) is 0.790. The molecular formula is C19H21NO5. The second-order valence-corrected chi connectivity index (χ2v) is 6.74. The fourth-order valence-corrected chi connectivity index (χ4v) is 3.69. The fourth-order valence-electron chi connectivity index (χ4n) is 3.69. The highest BCUT2D eigenvalue weighted by atomic mass is 16.4. The van der Waals surface area contributed by atoms with Crippen LogP contribution < -0.4 is 5.43 Å². The lowest BCUT2D eigenvalue weighted by Gasteiger charge is -2.40. The SMILES string of the molecule is O=C(O)c1cn(C[C@]2(c3ccccc3)CC[C@@H](O)CC2)cc(O)c1=O. The molecule has 6 nitrogen and oxygen atoms in total. The van der Waals surface area contributed by atoms with Gasteiger partial charge in [-0.25, -0.2) is 4.79 Å². The van der Waals surface area contributed by atoms with Gasteiger partial charge in [-0.3, -0.25) is 4.79 Å². The topological polar surface area (TPSA) is 99.8 Å². The summed E-state index contributed by atoms with van der Waals surface area (Å²) in [4.78, 5) is 23.0. The van der Waals surface area contributed by atoms with E-state index in [1.807, 2.05) is 30.3 Å². The van der Waals surface area contributed by atoms with Crippen LogP contribution in [0.4, 0.5) is 0 Å². The van der Waals surface area contributed by atoms with E-state index in [0.29, 0.717) is 19.4 Å². The Morgan fingerprint density at radius 3 is 2.40 bits per heavy atom. The molecule has 0 amide bonds. The van der Waals surface area contributed by atoms with Gasteiger partial charge >= 0.3 is 5.97 Å². The van der Waals surface area contributed by atoms with Crippen LogP contribution in [-0.2, 0) is 12.0 Å². The minimum atomic E-state index is -1.36. The Morgan fingerprint density at radius 1 is 1.16 bits per heavy atom. The molecule has 0 saturated heterocycles. The maximum atomic E-state index is 11.8. The van der Waals surface area contributed by atoms with Crippen molar-refractivity contribution in [2.75, 3.05) is 0 Å². The first kappa shape index (κ1) is 17.2. The Morgan fingerprint density at radius 2 is 1.80 bits per heavy atom. The first-order valence-corrected chi connectivity index (χ1v) is 8.31. The Bertz CT molecular complexity index is 819. The molecule has 0 unspecified atom stereocenters. The van der Waals surface area contributed by atoms with Gasteiger partial charge in [-0.1, -0.05) is 30.3 Å². The molecule has 2 aromatic rings. The lowest BCUT2D eigenvalue weighted by molar-refractivity contribution is 0.0693. The zero-order chi connectivity index (χ0) is 18.0. The third kappa shape index (κ3) is 3.44. The summed E-state index contributed by atoms with van der Waals surface area (Å²) in [5, 5.41) is 28.9. The average molecular weight is 343 g/mol. The highest BCUT2D eigenvalue weighted by Crippen LogP contribution is 2.41. The van der Waals surface area contributed by atoms with Crippen LogP contribution >= 0.6 is 0 Å². The van der Waals surface area contributed by atoms with E-state index in [0.717, 1.165) is 18.4 Å². The highest BCUT2D eigenvalue weighted by molar-refractivity contribution is 5.87. The maximum absolute atomic E-state index is 11.8. The van der Waals surface area contributed by atoms with Crippen LogP contribution in [0.2, 0.25) is 0 Å². The third-order valence-electron chi connectivity index (χ3n) is 5.07. The van der Waals surface area contributed by atoms with E-state index in [9.17, 15) is 24.9 Å². The highest BCUT2D eigenvalue weighted by Gasteiger charge is 2.37. The van der Waals surface area contributed by atoms with Crippen LogP contribution in [0.15, 0.2) is 47.5 Å². The molecule has 1 aliphatic carbocycles. The van der Waals surface area contributed by atoms with Gasteiger partial charge < -0.3 is 19.9 Å². The molecule has 3 N–H and O–H groups in total. The number of rotatable bonds is 4. The molecule has 25 heavy (non-hydrogen) atoms. The number of hydrogen-bond donors (Lipinski definition) is 3. The van der Waals surface area contributed by atoms with Crippen molar-refractivity contribution in [3.05, 3.63) is 64.1 Å². The van der Waals surface area contributed by atoms with Gasteiger partial charge in [-0.15, -0.1) is 0 Å². The fraction of sp³-hybridized carbons (Fsp3) is 0.368. The largest absolute Gasteiger partial charge is 0.503 e. The summed E-state index contributed by atoms with van der Waals surface area (Å²) < 4.78 is 1.57. The summed E-state index contributed by atoms with van der Waals surface area (Å²) in [6.45, 7) is 0.428. The van der Waals surface area contributed by atoms with Crippen LogP contribution in [0.5, 0.6) is 5.75 Å². The Kier molecular flexibility index (Phi) is 4.63. The number of carbonyl (C=O) groups is 1. The molecular weight excluding hydrogens is 322 g/mol. The zero-order valence-electron chi connectivity index (χ0n) is 13.8. The standard InChI is InChI=1S/C19H21NO5/c21-14-6-8-19(9-7-14,13-4-2-1-3-5-13)12-20-10-15(18(24)25)17(23)16(22)11-20/h1-5,10-11,14,21-22H,6-9,12H2,(H,24,25)/t14-,19+.